The van der Waals surface area contributed by atoms with E-state index >= 15 is 0 Å². The highest BCUT2D eigenvalue weighted by atomic mass is 14.7. The van der Waals surface area contributed by atoms with E-state index in [1.54, 1.807) is 0 Å². The van der Waals surface area contributed by atoms with E-state index in [-0.39, 0.29) is 0 Å². The zero-order valence-corrected chi connectivity index (χ0v) is 14.4. The molecule has 1 nitrogen and oxygen atoms in total. The highest BCUT2D eigenvalue weighted by molar-refractivity contribution is 6.01. The molecule has 3 aromatic carbocycles. The summed E-state index contributed by atoms with van der Waals surface area (Å²) in [5.41, 5.74) is 5.60. The van der Waals surface area contributed by atoms with Gasteiger partial charge in [0.2, 0.25) is 0 Å². The van der Waals surface area contributed by atoms with E-state index < -0.39 is 0 Å². The van der Waals surface area contributed by atoms with Crippen molar-refractivity contribution in [2.75, 3.05) is 0 Å². The Morgan fingerprint density at radius 1 is 0.760 bits per heavy atom. The van der Waals surface area contributed by atoms with Crippen molar-refractivity contribution in [1.29, 1.82) is 0 Å². The fourth-order valence-electron chi connectivity index (χ4n) is 2.67. The Morgan fingerprint density at radius 3 is 2.00 bits per heavy atom. The molecule has 3 rings (SSSR count). The maximum Gasteiger partial charge on any atom is 0.0583 e. The fourth-order valence-corrected chi connectivity index (χ4v) is 2.67. The summed E-state index contributed by atoms with van der Waals surface area (Å²) in [6, 6.07) is 31.9. The summed E-state index contributed by atoms with van der Waals surface area (Å²) in [5, 5.41) is 0. The molecule has 0 aliphatic heterocycles. The van der Waals surface area contributed by atoms with Gasteiger partial charge in [0.25, 0.3) is 0 Å². The second-order valence-corrected chi connectivity index (χ2v) is 5.85. The molecule has 0 saturated carbocycles. The standard InChI is InChI=1S/C24H21N/c1-2-9-24(23-12-7-4-8-13-23)25-19-18-20-14-16-22(17-15-20)21-10-5-3-6-11-21/h3-8,10-17H,2,9H2,1H3/b25-24+. The first-order chi connectivity index (χ1) is 12.4. The third-order valence-electron chi connectivity index (χ3n) is 3.98. The number of hydrogen-bond acceptors (Lipinski definition) is 1. The van der Waals surface area contributed by atoms with Gasteiger partial charge in [0.15, 0.2) is 0 Å². The van der Waals surface area contributed by atoms with Gasteiger partial charge in [-0.25, -0.2) is 4.99 Å². The third-order valence-corrected chi connectivity index (χ3v) is 3.98. The second kappa shape index (κ2) is 8.66. The van der Waals surface area contributed by atoms with E-state index in [0.717, 1.165) is 29.7 Å². The van der Waals surface area contributed by atoms with Gasteiger partial charge in [-0.15, -0.1) is 0 Å². The molecule has 0 fully saturated rings. The van der Waals surface area contributed by atoms with Crippen molar-refractivity contribution in [1.82, 2.24) is 0 Å². The molecule has 0 radical (unpaired) electrons. The van der Waals surface area contributed by atoms with Crippen LogP contribution < -0.4 is 0 Å². The molecule has 0 N–H and O–H groups in total. The number of benzene rings is 3. The zero-order chi connectivity index (χ0) is 17.3. The number of rotatable bonds is 4. The summed E-state index contributed by atoms with van der Waals surface area (Å²) in [6.45, 7) is 2.16. The van der Waals surface area contributed by atoms with Crippen LogP contribution in [-0.2, 0) is 0 Å². The Kier molecular flexibility index (Phi) is 5.80. The molecule has 0 bridgehead atoms. The smallest absolute Gasteiger partial charge is 0.0583 e. The maximum atomic E-state index is 4.52. The minimum atomic E-state index is 0.936. The summed E-state index contributed by atoms with van der Waals surface area (Å²) in [7, 11) is 0. The Bertz CT molecular complexity index is 880. The lowest BCUT2D eigenvalue weighted by Gasteiger charge is -2.02. The molecule has 0 aromatic heterocycles. The van der Waals surface area contributed by atoms with Crippen LogP contribution in [0.5, 0.6) is 0 Å². The van der Waals surface area contributed by atoms with Gasteiger partial charge in [-0.05, 0) is 41.2 Å². The second-order valence-electron chi connectivity index (χ2n) is 5.85. The number of hydrogen-bond donors (Lipinski definition) is 0. The average Bonchev–Trinajstić information content (AvgIpc) is 2.69. The van der Waals surface area contributed by atoms with Crippen molar-refractivity contribution in [3.05, 3.63) is 96.1 Å². The van der Waals surface area contributed by atoms with Crippen molar-refractivity contribution < 1.29 is 0 Å². The summed E-state index contributed by atoms with van der Waals surface area (Å²) < 4.78 is 0. The summed E-state index contributed by atoms with van der Waals surface area (Å²) in [5.74, 6) is 3.14. The normalized spacial score (nSPS) is 10.8. The zero-order valence-electron chi connectivity index (χ0n) is 14.4. The van der Waals surface area contributed by atoms with Crippen LogP contribution in [0.4, 0.5) is 0 Å². The highest BCUT2D eigenvalue weighted by Gasteiger charge is 2.00. The average molecular weight is 323 g/mol. The van der Waals surface area contributed by atoms with E-state index in [1.165, 1.54) is 11.1 Å². The monoisotopic (exact) mass is 323 g/mol. The van der Waals surface area contributed by atoms with Crippen molar-refractivity contribution in [3.8, 4) is 23.1 Å². The minimum Gasteiger partial charge on any atom is -0.201 e. The molecular formula is C24H21N. The molecule has 0 aliphatic rings. The maximum absolute atomic E-state index is 4.52. The van der Waals surface area contributed by atoms with Crippen molar-refractivity contribution in [3.63, 3.8) is 0 Å². The molecule has 0 unspecified atom stereocenters. The molecule has 122 valence electrons. The van der Waals surface area contributed by atoms with Crippen LogP contribution in [-0.4, -0.2) is 5.71 Å². The van der Waals surface area contributed by atoms with Crippen LogP contribution in [0.25, 0.3) is 11.1 Å². The molecule has 3 aromatic rings. The van der Waals surface area contributed by atoms with E-state index in [2.05, 4.69) is 72.4 Å². The molecule has 0 heterocycles. The van der Waals surface area contributed by atoms with E-state index in [9.17, 15) is 0 Å². The van der Waals surface area contributed by atoms with Crippen molar-refractivity contribution in [2.24, 2.45) is 4.99 Å². The van der Waals surface area contributed by atoms with E-state index in [1.807, 2.05) is 36.4 Å². The van der Waals surface area contributed by atoms with E-state index in [0.29, 0.717) is 0 Å². The lowest BCUT2D eigenvalue weighted by molar-refractivity contribution is 0.993. The predicted molar refractivity (Wildman–Crippen MR) is 107 cm³/mol. The molecule has 0 amide bonds. The van der Waals surface area contributed by atoms with Crippen LogP contribution in [0.3, 0.4) is 0 Å². The highest BCUT2D eigenvalue weighted by Crippen LogP contribution is 2.18. The van der Waals surface area contributed by atoms with Gasteiger partial charge in [0, 0.05) is 11.6 Å². The number of aliphatic imine (C=N–C) groups is 1. The van der Waals surface area contributed by atoms with Gasteiger partial charge in [-0.2, -0.15) is 0 Å². The topological polar surface area (TPSA) is 12.4 Å². The molecule has 0 spiro atoms. The first-order valence-corrected chi connectivity index (χ1v) is 8.65. The first kappa shape index (κ1) is 16.7. The predicted octanol–water partition coefficient (Wildman–Crippen LogP) is 5.95. The summed E-state index contributed by atoms with van der Waals surface area (Å²) in [6.07, 6.45) is 1.99. The number of nitrogens with zero attached hydrogens (tertiary/aromatic N) is 1. The Labute approximate surface area is 150 Å². The lowest BCUT2D eigenvalue weighted by Crippen LogP contribution is -1.99. The van der Waals surface area contributed by atoms with Crippen LogP contribution in [0.2, 0.25) is 0 Å². The molecule has 1 heteroatoms. The van der Waals surface area contributed by atoms with Gasteiger partial charge in [-0.3, -0.25) is 0 Å². The van der Waals surface area contributed by atoms with Gasteiger partial charge in [-0.1, -0.05) is 86.1 Å². The SMILES string of the molecule is CCC/C(=N\C#Cc1ccc(-c2ccccc2)cc1)c1ccccc1. The van der Waals surface area contributed by atoms with Gasteiger partial charge in [0.05, 0.1) is 5.71 Å². The van der Waals surface area contributed by atoms with Crippen LogP contribution in [0.1, 0.15) is 30.9 Å². The Balaban J connectivity index is 1.78. The molecule has 25 heavy (non-hydrogen) atoms. The van der Waals surface area contributed by atoms with Crippen LogP contribution in [0, 0.1) is 12.0 Å². The summed E-state index contributed by atoms with van der Waals surface area (Å²) >= 11 is 0. The molecule has 0 aliphatic carbocycles. The fraction of sp³-hybridized carbons (Fsp3) is 0.125. The third kappa shape index (κ3) is 4.68. The first-order valence-electron chi connectivity index (χ1n) is 8.65. The van der Waals surface area contributed by atoms with Gasteiger partial charge >= 0.3 is 0 Å². The largest absolute Gasteiger partial charge is 0.201 e. The van der Waals surface area contributed by atoms with Crippen LogP contribution >= 0.6 is 0 Å². The van der Waals surface area contributed by atoms with Crippen LogP contribution in [0.15, 0.2) is 89.9 Å². The van der Waals surface area contributed by atoms with Crippen molar-refractivity contribution >= 4 is 5.71 Å². The van der Waals surface area contributed by atoms with Gasteiger partial charge in [0.1, 0.15) is 0 Å². The van der Waals surface area contributed by atoms with Gasteiger partial charge < -0.3 is 0 Å². The Morgan fingerprint density at radius 2 is 1.36 bits per heavy atom. The quantitative estimate of drug-likeness (QED) is 0.415. The molecule has 0 atom stereocenters. The molecule has 0 saturated heterocycles. The molecular weight excluding hydrogens is 302 g/mol. The van der Waals surface area contributed by atoms with E-state index in [4.69, 9.17) is 0 Å². The van der Waals surface area contributed by atoms with Crippen molar-refractivity contribution in [2.45, 2.75) is 19.8 Å². The summed E-state index contributed by atoms with van der Waals surface area (Å²) in [4.78, 5) is 4.52. The minimum absolute atomic E-state index is 0.936. The Hall–Kier alpha value is -3.11. The lowest BCUT2D eigenvalue weighted by atomic mass is 10.0.